The number of benzene rings is 4. The first kappa shape index (κ1) is 25.3. The predicted octanol–water partition coefficient (Wildman–Crippen LogP) is 4.95. The Morgan fingerprint density at radius 2 is 1.50 bits per heavy atom. The quantitative estimate of drug-likeness (QED) is 0.301. The highest BCUT2D eigenvalue weighted by molar-refractivity contribution is 7.87. The summed E-state index contributed by atoms with van der Waals surface area (Å²) in [6.07, 6.45) is 0. The van der Waals surface area contributed by atoms with Crippen LogP contribution in [0.15, 0.2) is 95.9 Å². The molecular formula is C28H27FN2O4S. The summed E-state index contributed by atoms with van der Waals surface area (Å²) in [6, 6.07) is 24.5. The van der Waals surface area contributed by atoms with E-state index in [9.17, 15) is 17.6 Å². The molecule has 0 bridgehead atoms. The summed E-state index contributed by atoms with van der Waals surface area (Å²) in [5, 5.41) is 1.90. The molecule has 0 saturated heterocycles. The van der Waals surface area contributed by atoms with Gasteiger partial charge in [0.25, 0.3) is 5.91 Å². The molecule has 4 rings (SSSR count). The second-order valence-corrected chi connectivity index (χ2v) is 10.2. The number of hydrogen-bond donors (Lipinski definition) is 0. The lowest BCUT2D eigenvalue weighted by Crippen LogP contribution is -2.36. The number of amides is 1. The van der Waals surface area contributed by atoms with E-state index in [-0.39, 0.29) is 16.6 Å². The highest BCUT2D eigenvalue weighted by atomic mass is 32.2. The molecule has 0 aromatic heterocycles. The molecule has 0 aliphatic rings. The van der Waals surface area contributed by atoms with Crippen LogP contribution >= 0.6 is 0 Å². The van der Waals surface area contributed by atoms with E-state index < -0.39 is 15.9 Å². The SMILES string of the molecule is CN(C)CCN(Cc1ccc(OS(=O)(=O)c2ccc(F)cc2)cc1)C(=O)c1cccc2ccccc12. The fourth-order valence-corrected chi connectivity index (χ4v) is 4.73. The standard InChI is InChI=1S/C28H27FN2O4S/c1-30(2)18-19-31(28(32)27-9-5-7-22-6-3-4-8-26(22)27)20-21-10-14-24(15-11-21)35-36(33,34)25-16-12-23(29)13-17-25/h3-17H,18-20H2,1-2H3. The first-order valence-electron chi connectivity index (χ1n) is 11.4. The highest BCUT2D eigenvalue weighted by Gasteiger charge is 2.20. The van der Waals surface area contributed by atoms with Crippen LogP contribution in [0.2, 0.25) is 0 Å². The van der Waals surface area contributed by atoms with Gasteiger partial charge in [-0.25, -0.2) is 4.39 Å². The molecule has 186 valence electrons. The molecule has 0 unspecified atom stereocenters. The predicted molar refractivity (Wildman–Crippen MR) is 138 cm³/mol. The number of hydrogen-bond acceptors (Lipinski definition) is 5. The largest absolute Gasteiger partial charge is 0.379 e. The molecule has 0 heterocycles. The van der Waals surface area contributed by atoms with E-state index in [1.807, 2.05) is 61.5 Å². The lowest BCUT2D eigenvalue weighted by Gasteiger charge is -2.25. The van der Waals surface area contributed by atoms with Crippen LogP contribution in [0.5, 0.6) is 5.75 Å². The second kappa shape index (κ2) is 10.9. The summed E-state index contributed by atoms with van der Waals surface area (Å²) in [7, 11) is -0.186. The Balaban J connectivity index is 1.53. The molecule has 0 fully saturated rings. The molecule has 0 radical (unpaired) electrons. The number of nitrogens with zero attached hydrogens (tertiary/aromatic N) is 2. The van der Waals surface area contributed by atoms with E-state index in [4.69, 9.17) is 4.18 Å². The Labute approximate surface area is 210 Å². The molecule has 0 atom stereocenters. The van der Waals surface area contributed by atoms with E-state index >= 15 is 0 Å². The Bertz CT molecular complexity index is 1450. The van der Waals surface area contributed by atoms with Crippen molar-refractivity contribution in [3.63, 3.8) is 0 Å². The van der Waals surface area contributed by atoms with Crippen molar-refractivity contribution in [3.05, 3.63) is 108 Å². The van der Waals surface area contributed by atoms with Crippen LogP contribution in [0.1, 0.15) is 15.9 Å². The zero-order chi connectivity index (χ0) is 25.7. The van der Waals surface area contributed by atoms with Gasteiger partial charge in [-0.3, -0.25) is 4.79 Å². The zero-order valence-corrected chi connectivity index (χ0v) is 20.9. The van der Waals surface area contributed by atoms with Crippen LogP contribution in [0.25, 0.3) is 10.8 Å². The number of carbonyl (C=O) groups is 1. The molecule has 0 saturated carbocycles. The van der Waals surface area contributed by atoms with Crippen LogP contribution in [-0.4, -0.2) is 51.3 Å². The van der Waals surface area contributed by atoms with Gasteiger partial charge < -0.3 is 14.0 Å². The average Bonchev–Trinajstić information content (AvgIpc) is 2.87. The lowest BCUT2D eigenvalue weighted by atomic mass is 10.0. The molecule has 8 heteroatoms. The minimum atomic E-state index is -4.09. The van der Waals surface area contributed by atoms with Crippen LogP contribution in [-0.2, 0) is 16.7 Å². The van der Waals surface area contributed by atoms with Crippen molar-refractivity contribution in [2.45, 2.75) is 11.4 Å². The first-order chi connectivity index (χ1) is 17.2. The lowest BCUT2D eigenvalue weighted by molar-refractivity contribution is 0.0734. The molecular weight excluding hydrogens is 479 g/mol. The maximum absolute atomic E-state index is 13.6. The van der Waals surface area contributed by atoms with Gasteiger partial charge in [-0.15, -0.1) is 0 Å². The third kappa shape index (κ3) is 6.08. The van der Waals surface area contributed by atoms with Crippen LogP contribution in [0.4, 0.5) is 4.39 Å². The smallest absolute Gasteiger partial charge is 0.339 e. The molecule has 4 aromatic rings. The molecule has 4 aromatic carbocycles. The van der Waals surface area contributed by atoms with Crippen molar-refractivity contribution in [2.24, 2.45) is 0 Å². The normalized spacial score (nSPS) is 11.6. The number of rotatable bonds is 9. The van der Waals surface area contributed by atoms with E-state index in [0.29, 0.717) is 25.2 Å². The van der Waals surface area contributed by atoms with Crippen molar-refractivity contribution in [1.82, 2.24) is 9.80 Å². The molecule has 6 nitrogen and oxygen atoms in total. The van der Waals surface area contributed by atoms with E-state index in [1.165, 1.54) is 0 Å². The highest BCUT2D eigenvalue weighted by Crippen LogP contribution is 2.23. The van der Waals surface area contributed by atoms with Gasteiger partial charge in [0, 0.05) is 25.2 Å². The Morgan fingerprint density at radius 1 is 0.833 bits per heavy atom. The van der Waals surface area contributed by atoms with Crippen LogP contribution in [0, 0.1) is 5.82 Å². The molecule has 1 amide bonds. The number of likely N-dealkylation sites (N-methyl/N-ethyl adjacent to an activating group) is 1. The zero-order valence-electron chi connectivity index (χ0n) is 20.1. The minimum absolute atomic E-state index is 0.0761. The molecule has 0 spiro atoms. The van der Waals surface area contributed by atoms with Gasteiger partial charge >= 0.3 is 10.1 Å². The van der Waals surface area contributed by atoms with E-state index in [2.05, 4.69) is 0 Å². The van der Waals surface area contributed by atoms with Gasteiger partial charge in [-0.2, -0.15) is 8.42 Å². The van der Waals surface area contributed by atoms with E-state index in [1.54, 1.807) is 29.2 Å². The summed E-state index contributed by atoms with van der Waals surface area (Å²) in [5.41, 5.74) is 1.46. The minimum Gasteiger partial charge on any atom is -0.379 e. The summed E-state index contributed by atoms with van der Waals surface area (Å²) in [5.74, 6) is -0.480. The third-order valence-electron chi connectivity index (χ3n) is 5.73. The van der Waals surface area contributed by atoms with Gasteiger partial charge in [0.1, 0.15) is 16.5 Å². The van der Waals surface area contributed by atoms with Crippen LogP contribution < -0.4 is 4.18 Å². The third-order valence-corrected chi connectivity index (χ3v) is 6.99. The van der Waals surface area contributed by atoms with Gasteiger partial charge in [-0.1, -0.05) is 48.5 Å². The van der Waals surface area contributed by atoms with Crippen molar-refractivity contribution in [1.29, 1.82) is 0 Å². The fourth-order valence-electron chi connectivity index (χ4n) is 3.80. The van der Waals surface area contributed by atoms with Gasteiger partial charge in [0.2, 0.25) is 0 Å². The van der Waals surface area contributed by atoms with Crippen molar-refractivity contribution < 1.29 is 21.8 Å². The van der Waals surface area contributed by atoms with Crippen LogP contribution in [0.3, 0.4) is 0 Å². The van der Waals surface area contributed by atoms with Crippen molar-refractivity contribution in [3.8, 4) is 5.75 Å². The van der Waals surface area contributed by atoms with Crippen molar-refractivity contribution >= 4 is 26.8 Å². The molecule has 0 aliphatic heterocycles. The van der Waals surface area contributed by atoms with Gasteiger partial charge in [0.05, 0.1) is 0 Å². The molecule has 0 N–H and O–H groups in total. The summed E-state index contributed by atoms with van der Waals surface area (Å²) in [6.45, 7) is 1.56. The monoisotopic (exact) mass is 506 g/mol. The second-order valence-electron chi connectivity index (χ2n) is 8.69. The maximum atomic E-state index is 13.6. The van der Waals surface area contributed by atoms with Gasteiger partial charge in [-0.05, 0) is 72.9 Å². The number of carbonyl (C=O) groups excluding carboxylic acids is 1. The average molecular weight is 507 g/mol. The fraction of sp³-hybridized carbons (Fsp3) is 0.179. The van der Waals surface area contributed by atoms with E-state index in [0.717, 1.165) is 40.6 Å². The molecule has 0 aliphatic carbocycles. The first-order valence-corrected chi connectivity index (χ1v) is 12.8. The molecule has 36 heavy (non-hydrogen) atoms. The Kier molecular flexibility index (Phi) is 7.67. The van der Waals surface area contributed by atoms with Gasteiger partial charge in [0.15, 0.2) is 0 Å². The summed E-state index contributed by atoms with van der Waals surface area (Å²) < 4.78 is 43.3. The number of halogens is 1. The number of fused-ring (bicyclic) bond motifs is 1. The Morgan fingerprint density at radius 3 is 2.19 bits per heavy atom. The Hall–Kier alpha value is -3.75. The van der Waals surface area contributed by atoms with Crippen molar-refractivity contribution in [2.75, 3.05) is 27.2 Å². The topological polar surface area (TPSA) is 66.9 Å². The summed E-state index contributed by atoms with van der Waals surface area (Å²) >= 11 is 0. The summed E-state index contributed by atoms with van der Waals surface area (Å²) in [4.78, 5) is 17.3. The maximum Gasteiger partial charge on any atom is 0.339 e.